The summed E-state index contributed by atoms with van der Waals surface area (Å²) in [7, 11) is 0. The van der Waals surface area contributed by atoms with Crippen molar-refractivity contribution in [3.63, 3.8) is 0 Å². The Labute approximate surface area is 163 Å². The van der Waals surface area contributed by atoms with Gasteiger partial charge in [0.2, 0.25) is 0 Å². The van der Waals surface area contributed by atoms with Gasteiger partial charge < -0.3 is 4.57 Å². The van der Waals surface area contributed by atoms with Crippen LogP contribution < -0.4 is 5.56 Å². The molecule has 3 aromatic heterocycles. The SMILES string of the molecule is CCCn1c(SCc2cc(=O)n3c(C)csc3n2)nc2cc(Cl)ccc21. The molecule has 0 saturated heterocycles. The standard InChI is InChI=1S/C18H17ClN4OS2/c1-3-6-22-15-5-4-12(19)7-14(15)21-17(22)26-10-13-8-16(24)23-11(2)9-25-18(23)20-13/h4-5,7-9H,3,6,10H2,1-2H3. The molecule has 134 valence electrons. The first-order valence-corrected chi connectivity index (χ1v) is 10.6. The van der Waals surface area contributed by atoms with Gasteiger partial charge in [-0.3, -0.25) is 9.20 Å². The highest BCUT2D eigenvalue weighted by atomic mass is 35.5. The number of halogens is 1. The largest absolute Gasteiger partial charge is 0.319 e. The number of thiazole rings is 1. The summed E-state index contributed by atoms with van der Waals surface area (Å²) in [5.41, 5.74) is 3.64. The first-order valence-electron chi connectivity index (χ1n) is 8.32. The number of fused-ring (bicyclic) bond motifs is 2. The van der Waals surface area contributed by atoms with Gasteiger partial charge in [-0.05, 0) is 31.5 Å². The molecule has 0 atom stereocenters. The second-order valence-corrected chi connectivity index (χ2v) is 8.26. The van der Waals surface area contributed by atoms with E-state index >= 15 is 0 Å². The van der Waals surface area contributed by atoms with Crippen molar-refractivity contribution >= 4 is 50.7 Å². The minimum absolute atomic E-state index is 0.0295. The van der Waals surface area contributed by atoms with Gasteiger partial charge in [0.1, 0.15) is 0 Å². The van der Waals surface area contributed by atoms with Gasteiger partial charge in [-0.15, -0.1) is 11.3 Å². The first kappa shape index (κ1) is 17.6. The lowest BCUT2D eigenvalue weighted by Crippen LogP contribution is -2.14. The van der Waals surface area contributed by atoms with Gasteiger partial charge in [-0.2, -0.15) is 0 Å². The minimum Gasteiger partial charge on any atom is -0.319 e. The summed E-state index contributed by atoms with van der Waals surface area (Å²) < 4.78 is 3.85. The van der Waals surface area contributed by atoms with E-state index in [0.717, 1.165) is 45.5 Å². The molecular weight excluding hydrogens is 388 g/mol. The van der Waals surface area contributed by atoms with Gasteiger partial charge in [-0.1, -0.05) is 30.3 Å². The average Bonchev–Trinajstić information content (AvgIpc) is 3.14. The Kier molecular flexibility index (Phi) is 4.77. The third kappa shape index (κ3) is 3.15. The molecule has 3 heterocycles. The normalized spacial score (nSPS) is 11.7. The molecule has 0 fully saturated rings. The molecule has 0 aliphatic rings. The second-order valence-electron chi connectivity index (χ2n) is 6.05. The van der Waals surface area contributed by atoms with Crippen molar-refractivity contribution in [2.24, 2.45) is 0 Å². The van der Waals surface area contributed by atoms with E-state index in [2.05, 4.69) is 16.5 Å². The Morgan fingerprint density at radius 2 is 2.12 bits per heavy atom. The summed E-state index contributed by atoms with van der Waals surface area (Å²) >= 11 is 9.19. The fourth-order valence-electron chi connectivity index (χ4n) is 2.94. The van der Waals surface area contributed by atoms with E-state index in [1.165, 1.54) is 11.3 Å². The van der Waals surface area contributed by atoms with Crippen LogP contribution in [0.4, 0.5) is 0 Å². The van der Waals surface area contributed by atoms with Crippen molar-refractivity contribution in [1.82, 2.24) is 18.9 Å². The van der Waals surface area contributed by atoms with Crippen molar-refractivity contribution in [3.8, 4) is 0 Å². The van der Waals surface area contributed by atoms with Gasteiger partial charge in [0.25, 0.3) is 5.56 Å². The zero-order valence-electron chi connectivity index (χ0n) is 14.4. The molecule has 1 aromatic carbocycles. The number of thioether (sulfide) groups is 1. The van der Waals surface area contributed by atoms with Crippen LogP contribution in [0.1, 0.15) is 24.7 Å². The zero-order valence-corrected chi connectivity index (χ0v) is 16.8. The molecule has 0 amide bonds. The van der Waals surface area contributed by atoms with Crippen LogP contribution in [-0.2, 0) is 12.3 Å². The van der Waals surface area contributed by atoms with E-state index in [-0.39, 0.29) is 5.56 Å². The van der Waals surface area contributed by atoms with E-state index < -0.39 is 0 Å². The summed E-state index contributed by atoms with van der Waals surface area (Å²) in [6.07, 6.45) is 1.02. The number of aryl methyl sites for hydroxylation is 2. The van der Waals surface area contributed by atoms with Crippen LogP contribution in [0.3, 0.4) is 0 Å². The molecular formula is C18H17ClN4OS2. The number of hydrogen-bond acceptors (Lipinski definition) is 5. The molecule has 0 radical (unpaired) electrons. The van der Waals surface area contributed by atoms with Crippen LogP contribution in [0, 0.1) is 6.92 Å². The Balaban J connectivity index is 1.67. The smallest absolute Gasteiger partial charge is 0.258 e. The summed E-state index contributed by atoms with van der Waals surface area (Å²) in [4.78, 5) is 22.4. The van der Waals surface area contributed by atoms with Gasteiger partial charge in [0, 0.05) is 34.5 Å². The molecule has 0 spiro atoms. The van der Waals surface area contributed by atoms with Crippen LogP contribution in [0.15, 0.2) is 39.6 Å². The third-order valence-corrected chi connectivity index (χ3v) is 6.29. The van der Waals surface area contributed by atoms with Gasteiger partial charge in [-0.25, -0.2) is 9.97 Å². The maximum absolute atomic E-state index is 12.3. The van der Waals surface area contributed by atoms with E-state index in [1.54, 1.807) is 22.2 Å². The number of hydrogen-bond donors (Lipinski definition) is 0. The Morgan fingerprint density at radius 3 is 2.92 bits per heavy atom. The molecule has 8 heteroatoms. The fraction of sp³-hybridized carbons (Fsp3) is 0.278. The predicted octanol–water partition coefficient (Wildman–Crippen LogP) is 4.77. The molecule has 0 aliphatic heterocycles. The predicted molar refractivity (Wildman–Crippen MR) is 109 cm³/mol. The highest BCUT2D eigenvalue weighted by molar-refractivity contribution is 7.98. The second kappa shape index (κ2) is 7.06. The Bertz CT molecular complexity index is 1160. The monoisotopic (exact) mass is 404 g/mol. The molecule has 26 heavy (non-hydrogen) atoms. The van der Waals surface area contributed by atoms with E-state index in [0.29, 0.717) is 10.8 Å². The van der Waals surface area contributed by atoms with Gasteiger partial charge in [0.15, 0.2) is 10.1 Å². The Morgan fingerprint density at radius 1 is 1.27 bits per heavy atom. The number of imidazole rings is 1. The summed E-state index contributed by atoms with van der Waals surface area (Å²) in [5, 5.41) is 3.56. The van der Waals surface area contributed by atoms with Crippen molar-refractivity contribution in [2.75, 3.05) is 0 Å². The molecule has 0 aliphatic carbocycles. The van der Waals surface area contributed by atoms with Crippen molar-refractivity contribution in [3.05, 3.63) is 56.4 Å². The van der Waals surface area contributed by atoms with Crippen molar-refractivity contribution in [2.45, 2.75) is 37.7 Å². The average molecular weight is 405 g/mol. The molecule has 0 unspecified atom stereocenters. The lowest BCUT2D eigenvalue weighted by molar-refractivity contribution is 0.638. The van der Waals surface area contributed by atoms with E-state index in [1.807, 2.05) is 30.5 Å². The van der Waals surface area contributed by atoms with Crippen molar-refractivity contribution < 1.29 is 0 Å². The number of nitrogens with zero attached hydrogens (tertiary/aromatic N) is 4. The third-order valence-electron chi connectivity index (χ3n) is 4.10. The quantitative estimate of drug-likeness (QED) is 0.449. The van der Waals surface area contributed by atoms with Gasteiger partial charge >= 0.3 is 0 Å². The zero-order chi connectivity index (χ0) is 18.3. The molecule has 4 rings (SSSR count). The topological polar surface area (TPSA) is 52.2 Å². The molecule has 4 aromatic rings. The molecule has 5 nitrogen and oxygen atoms in total. The first-order chi connectivity index (χ1) is 12.6. The van der Waals surface area contributed by atoms with Crippen LogP contribution in [0.2, 0.25) is 5.02 Å². The van der Waals surface area contributed by atoms with E-state index in [4.69, 9.17) is 16.6 Å². The number of rotatable bonds is 5. The summed E-state index contributed by atoms with van der Waals surface area (Å²) in [6, 6.07) is 7.40. The minimum atomic E-state index is -0.0295. The highest BCUT2D eigenvalue weighted by Crippen LogP contribution is 2.28. The summed E-state index contributed by atoms with van der Waals surface area (Å²) in [5.74, 6) is 0.601. The maximum atomic E-state index is 12.3. The summed E-state index contributed by atoms with van der Waals surface area (Å²) in [6.45, 7) is 4.95. The molecule has 0 saturated carbocycles. The fourth-order valence-corrected chi connectivity index (χ4v) is 4.93. The van der Waals surface area contributed by atoms with Crippen LogP contribution in [0.5, 0.6) is 0 Å². The Hall–Kier alpha value is -1.83. The maximum Gasteiger partial charge on any atom is 0.258 e. The van der Waals surface area contributed by atoms with E-state index in [9.17, 15) is 4.79 Å². The highest BCUT2D eigenvalue weighted by Gasteiger charge is 2.13. The number of benzene rings is 1. The van der Waals surface area contributed by atoms with Crippen molar-refractivity contribution in [1.29, 1.82) is 0 Å². The number of aromatic nitrogens is 4. The van der Waals surface area contributed by atoms with Gasteiger partial charge in [0.05, 0.1) is 16.7 Å². The molecule has 0 bridgehead atoms. The lowest BCUT2D eigenvalue weighted by Gasteiger charge is -2.07. The van der Waals surface area contributed by atoms with Crippen LogP contribution in [0.25, 0.3) is 16.0 Å². The van der Waals surface area contributed by atoms with Crippen LogP contribution >= 0.6 is 34.7 Å². The van der Waals surface area contributed by atoms with Crippen LogP contribution in [-0.4, -0.2) is 18.9 Å². The molecule has 0 N–H and O–H groups in total. The lowest BCUT2D eigenvalue weighted by atomic mass is 10.3.